The number of rotatable bonds is 7. The molecule has 0 spiro atoms. The molecule has 0 saturated heterocycles. The Balaban J connectivity index is 2.52. The minimum absolute atomic E-state index is 0.0789. The fourth-order valence-electron chi connectivity index (χ4n) is 2.57. The smallest absolute Gasteiger partial charge is 0.191 e. The number of benzene rings is 1. The van der Waals surface area contributed by atoms with Crippen LogP contribution in [0.3, 0.4) is 0 Å². The van der Waals surface area contributed by atoms with Crippen LogP contribution < -0.4 is 15.4 Å². The molecule has 1 aromatic rings. The summed E-state index contributed by atoms with van der Waals surface area (Å²) in [6.45, 7) is 10.1. The first kappa shape index (κ1) is 20.3. The number of guanidine groups is 1. The van der Waals surface area contributed by atoms with Crippen LogP contribution in [0.2, 0.25) is 0 Å². The van der Waals surface area contributed by atoms with Crippen molar-refractivity contribution in [3.8, 4) is 5.75 Å². The largest absolute Gasteiger partial charge is 0.496 e. The highest BCUT2D eigenvalue weighted by Crippen LogP contribution is 2.21. The molecule has 0 radical (unpaired) electrons. The monoisotopic (exact) mass is 335 g/mol. The van der Waals surface area contributed by atoms with Crippen LogP contribution in [-0.4, -0.2) is 46.4 Å². The molecule has 1 aromatic carbocycles. The van der Waals surface area contributed by atoms with Gasteiger partial charge in [-0.1, -0.05) is 38.5 Å². The third-order valence-corrected chi connectivity index (χ3v) is 4.05. The fourth-order valence-corrected chi connectivity index (χ4v) is 2.57. The van der Waals surface area contributed by atoms with Crippen molar-refractivity contribution in [2.45, 2.75) is 40.2 Å². The van der Waals surface area contributed by atoms with E-state index in [0.29, 0.717) is 6.54 Å². The van der Waals surface area contributed by atoms with Gasteiger partial charge in [0.1, 0.15) is 5.75 Å². The quantitative estimate of drug-likeness (QED) is 0.594. The predicted octanol–water partition coefficient (Wildman–Crippen LogP) is 2.77. The van der Waals surface area contributed by atoms with Crippen molar-refractivity contribution in [2.75, 3.05) is 34.4 Å². The topological polar surface area (TPSA) is 54.9 Å². The second-order valence-electron chi connectivity index (χ2n) is 7.04. The highest BCUT2D eigenvalue weighted by Gasteiger charge is 2.24. The summed E-state index contributed by atoms with van der Waals surface area (Å²) in [5.74, 6) is 1.71. The first-order chi connectivity index (χ1) is 11.3. The molecule has 0 aliphatic heterocycles. The van der Waals surface area contributed by atoms with Crippen molar-refractivity contribution in [2.24, 2.45) is 10.4 Å². The van der Waals surface area contributed by atoms with E-state index >= 15 is 0 Å². The lowest BCUT2D eigenvalue weighted by Crippen LogP contribution is -2.45. The standard InChI is InChI=1S/C19H33N3O2/c1-14-8-9-16(23-6)15(12-14)10-11-21-18(20-5)22-13-17(24-7)19(2,3)4/h8-9,12,17H,10-11,13H2,1-7H3,(H2,20,21,22). The SMILES string of the molecule is CN=C(NCCc1cc(C)ccc1OC)NCC(OC)C(C)(C)C. The lowest BCUT2D eigenvalue weighted by atomic mass is 9.89. The van der Waals surface area contributed by atoms with Crippen LogP contribution in [0.1, 0.15) is 31.9 Å². The average Bonchev–Trinajstić information content (AvgIpc) is 2.52. The average molecular weight is 335 g/mol. The number of ether oxygens (including phenoxy) is 2. The molecule has 1 atom stereocenters. The van der Waals surface area contributed by atoms with E-state index in [1.54, 1.807) is 21.3 Å². The molecule has 5 nitrogen and oxygen atoms in total. The zero-order chi connectivity index (χ0) is 18.2. The second kappa shape index (κ2) is 9.52. The molecule has 0 aromatic heterocycles. The van der Waals surface area contributed by atoms with E-state index < -0.39 is 0 Å². The Morgan fingerprint density at radius 3 is 2.46 bits per heavy atom. The molecule has 1 unspecified atom stereocenters. The van der Waals surface area contributed by atoms with E-state index in [0.717, 1.165) is 24.7 Å². The summed E-state index contributed by atoms with van der Waals surface area (Å²) in [6.07, 6.45) is 0.992. The van der Waals surface area contributed by atoms with Crippen LogP contribution in [-0.2, 0) is 11.2 Å². The number of nitrogens with zero attached hydrogens (tertiary/aromatic N) is 1. The van der Waals surface area contributed by atoms with Gasteiger partial charge in [0.25, 0.3) is 0 Å². The molecule has 0 heterocycles. The Bertz CT molecular complexity index is 536. The molecule has 5 heteroatoms. The van der Waals surface area contributed by atoms with Crippen molar-refractivity contribution in [1.29, 1.82) is 0 Å². The number of nitrogens with one attached hydrogen (secondary N) is 2. The summed E-state index contributed by atoms with van der Waals surface area (Å²) in [6, 6.07) is 6.25. The molecular formula is C19H33N3O2. The number of aliphatic imine (C=N–C) groups is 1. The fraction of sp³-hybridized carbons (Fsp3) is 0.632. The molecule has 0 amide bonds. The van der Waals surface area contributed by atoms with Gasteiger partial charge in [0.05, 0.1) is 13.2 Å². The number of hydrogen-bond acceptors (Lipinski definition) is 3. The van der Waals surface area contributed by atoms with E-state index in [2.05, 4.69) is 55.5 Å². The van der Waals surface area contributed by atoms with E-state index in [1.165, 1.54) is 11.1 Å². The summed E-state index contributed by atoms with van der Waals surface area (Å²) < 4.78 is 11.0. The predicted molar refractivity (Wildman–Crippen MR) is 101 cm³/mol. The van der Waals surface area contributed by atoms with E-state index in [1.807, 2.05) is 6.07 Å². The van der Waals surface area contributed by atoms with Gasteiger partial charge in [-0.3, -0.25) is 4.99 Å². The van der Waals surface area contributed by atoms with Crippen molar-refractivity contribution >= 4 is 5.96 Å². The van der Waals surface area contributed by atoms with Crippen LogP contribution in [0.15, 0.2) is 23.2 Å². The maximum Gasteiger partial charge on any atom is 0.191 e. The van der Waals surface area contributed by atoms with Crippen molar-refractivity contribution in [1.82, 2.24) is 10.6 Å². The highest BCUT2D eigenvalue weighted by molar-refractivity contribution is 5.79. The van der Waals surface area contributed by atoms with Crippen LogP contribution in [0, 0.1) is 12.3 Å². The van der Waals surface area contributed by atoms with E-state index in [-0.39, 0.29) is 11.5 Å². The van der Waals surface area contributed by atoms with Crippen molar-refractivity contribution in [3.63, 3.8) is 0 Å². The summed E-state index contributed by atoms with van der Waals surface area (Å²) in [5, 5.41) is 6.68. The number of methoxy groups -OCH3 is 2. The zero-order valence-electron chi connectivity index (χ0n) is 16.2. The zero-order valence-corrected chi connectivity index (χ0v) is 16.2. The van der Waals surface area contributed by atoms with Gasteiger partial charge in [0.15, 0.2) is 5.96 Å². The Morgan fingerprint density at radius 1 is 1.21 bits per heavy atom. The maximum atomic E-state index is 5.57. The van der Waals surface area contributed by atoms with Gasteiger partial charge in [-0.15, -0.1) is 0 Å². The number of aryl methyl sites for hydroxylation is 1. The molecular weight excluding hydrogens is 302 g/mol. The molecule has 0 aliphatic rings. The summed E-state index contributed by atoms with van der Waals surface area (Å²) in [5.41, 5.74) is 2.52. The van der Waals surface area contributed by atoms with Crippen molar-refractivity contribution in [3.05, 3.63) is 29.3 Å². The number of hydrogen-bond donors (Lipinski definition) is 2. The first-order valence-corrected chi connectivity index (χ1v) is 8.42. The minimum Gasteiger partial charge on any atom is -0.496 e. The van der Waals surface area contributed by atoms with Gasteiger partial charge < -0.3 is 20.1 Å². The van der Waals surface area contributed by atoms with Gasteiger partial charge in [-0.05, 0) is 30.4 Å². The lowest BCUT2D eigenvalue weighted by molar-refractivity contribution is 0.0205. The molecule has 0 bridgehead atoms. The van der Waals surface area contributed by atoms with Crippen LogP contribution in [0.5, 0.6) is 5.75 Å². The summed E-state index contributed by atoms with van der Waals surface area (Å²) in [4.78, 5) is 4.28. The van der Waals surface area contributed by atoms with Crippen molar-refractivity contribution < 1.29 is 9.47 Å². The van der Waals surface area contributed by atoms with E-state index in [9.17, 15) is 0 Å². The van der Waals surface area contributed by atoms with Gasteiger partial charge in [-0.25, -0.2) is 0 Å². The molecule has 1 rings (SSSR count). The Morgan fingerprint density at radius 2 is 1.92 bits per heavy atom. The van der Waals surface area contributed by atoms with Crippen LogP contribution in [0.25, 0.3) is 0 Å². The maximum absolute atomic E-state index is 5.57. The van der Waals surface area contributed by atoms with E-state index in [4.69, 9.17) is 9.47 Å². The third kappa shape index (κ3) is 6.40. The first-order valence-electron chi connectivity index (χ1n) is 8.42. The second-order valence-corrected chi connectivity index (χ2v) is 7.04. The molecule has 2 N–H and O–H groups in total. The molecule has 24 heavy (non-hydrogen) atoms. The Kier molecular flexibility index (Phi) is 8.05. The van der Waals surface area contributed by atoms with Crippen LogP contribution >= 0.6 is 0 Å². The van der Waals surface area contributed by atoms with Gasteiger partial charge in [0.2, 0.25) is 0 Å². The third-order valence-electron chi connectivity index (χ3n) is 4.05. The lowest BCUT2D eigenvalue weighted by Gasteiger charge is -2.30. The van der Waals surface area contributed by atoms with Gasteiger partial charge >= 0.3 is 0 Å². The Labute approximate surface area is 146 Å². The summed E-state index contributed by atoms with van der Waals surface area (Å²) >= 11 is 0. The van der Waals surface area contributed by atoms with Gasteiger partial charge in [-0.2, -0.15) is 0 Å². The summed E-state index contributed by atoms with van der Waals surface area (Å²) in [7, 11) is 5.23. The van der Waals surface area contributed by atoms with Crippen LogP contribution in [0.4, 0.5) is 0 Å². The highest BCUT2D eigenvalue weighted by atomic mass is 16.5. The minimum atomic E-state index is 0.0789. The molecule has 0 aliphatic carbocycles. The molecule has 136 valence electrons. The normalized spacial score (nSPS) is 13.5. The van der Waals surface area contributed by atoms with Gasteiger partial charge in [0, 0.05) is 27.2 Å². The molecule has 0 saturated carbocycles. The molecule has 0 fully saturated rings. The Hall–Kier alpha value is -1.75.